The summed E-state index contributed by atoms with van der Waals surface area (Å²) in [6, 6.07) is 7.45. The Morgan fingerprint density at radius 1 is 1.53 bits per heavy atom. The molecule has 0 bridgehead atoms. The van der Waals surface area contributed by atoms with Gasteiger partial charge in [0, 0.05) is 5.56 Å². The number of nitrogens with zero attached hydrogens (tertiary/aromatic N) is 3. The van der Waals surface area contributed by atoms with Crippen molar-refractivity contribution < 1.29 is 14.3 Å². The molecule has 2 rings (SSSR count). The SMILES string of the molecule is C/C([O-])=N\c1c[n+](Cc2ccccc2Cl)no1. The Bertz CT molecular complexity index is 547. The van der Waals surface area contributed by atoms with Gasteiger partial charge in [0.2, 0.25) is 11.8 Å². The number of rotatable bonds is 3. The summed E-state index contributed by atoms with van der Waals surface area (Å²) in [6.07, 6.45) is 1.55. The van der Waals surface area contributed by atoms with E-state index < -0.39 is 0 Å². The quantitative estimate of drug-likeness (QED) is 0.466. The standard InChI is InChI=1S/C11H10ClN3O2/c1-8(16)13-11-7-15(14-17-11)6-9-4-2-3-5-10(9)12/h2-5,7H,6H2,1H3. The summed E-state index contributed by atoms with van der Waals surface area (Å²) in [6.45, 7) is 1.82. The fourth-order valence-corrected chi connectivity index (χ4v) is 1.54. The lowest BCUT2D eigenvalue weighted by atomic mass is 10.2. The molecule has 1 aromatic carbocycles. The number of benzene rings is 1. The maximum atomic E-state index is 10.8. The van der Waals surface area contributed by atoms with Crippen molar-refractivity contribution in [2.75, 3.05) is 0 Å². The molecule has 0 fully saturated rings. The van der Waals surface area contributed by atoms with Gasteiger partial charge < -0.3 is 5.11 Å². The van der Waals surface area contributed by atoms with Crippen molar-refractivity contribution in [2.24, 2.45) is 4.99 Å². The van der Waals surface area contributed by atoms with E-state index in [1.54, 1.807) is 12.3 Å². The zero-order valence-corrected chi connectivity index (χ0v) is 9.89. The van der Waals surface area contributed by atoms with Gasteiger partial charge in [-0.2, -0.15) is 0 Å². The van der Waals surface area contributed by atoms with E-state index in [4.69, 9.17) is 16.1 Å². The van der Waals surface area contributed by atoms with Gasteiger partial charge in [0.25, 0.3) is 6.20 Å². The van der Waals surface area contributed by atoms with E-state index in [1.165, 1.54) is 11.6 Å². The molecular weight excluding hydrogens is 242 g/mol. The number of hydrogen-bond acceptors (Lipinski definition) is 4. The van der Waals surface area contributed by atoms with E-state index in [0.717, 1.165) is 5.56 Å². The minimum absolute atomic E-state index is 0.185. The fraction of sp³-hybridized carbons (Fsp3) is 0.182. The zero-order chi connectivity index (χ0) is 12.3. The Balaban J connectivity index is 2.17. The van der Waals surface area contributed by atoms with Crippen molar-refractivity contribution >= 4 is 23.4 Å². The maximum Gasteiger partial charge on any atom is 0.320 e. The lowest BCUT2D eigenvalue weighted by molar-refractivity contribution is -0.754. The Morgan fingerprint density at radius 2 is 2.29 bits per heavy atom. The Labute approximate surface area is 103 Å². The van der Waals surface area contributed by atoms with Crippen molar-refractivity contribution in [2.45, 2.75) is 13.5 Å². The second-order valence-electron chi connectivity index (χ2n) is 3.46. The van der Waals surface area contributed by atoms with E-state index in [-0.39, 0.29) is 11.8 Å². The molecule has 0 spiro atoms. The van der Waals surface area contributed by atoms with Crippen LogP contribution in [0.15, 0.2) is 40.0 Å². The molecule has 1 heterocycles. The van der Waals surface area contributed by atoms with E-state index in [9.17, 15) is 5.11 Å². The van der Waals surface area contributed by atoms with Crippen LogP contribution in [-0.4, -0.2) is 11.2 Å². The number of hydrogen-bond donors (Lipinski definition) is 0. The predicted molar refractivity (Wildman–Crippen MR) is 60.0 cm³/mol. The average Bonchev–Trinajstić information content (AvgIpc) is 2.68. The van der Waals surface area contributed by atoms with Crippen LogP contribution in [-0.2, 0) is 6.54 Å². The average molecular weight is 252 g/mol. The molecular formula is C11H10ClN3O2. The topological polar surface area (TPSA) is 65.3 Å². The van der Waals surface area contributed by atoms with Gasteiger partial charge in [-0.15, -0.1) is 0 Å². The van der Waals surface area contributed by atoms with Gasteiger partial charge in [0.15, 0.2) is 0 Å². The Kier molecular flexibility index (Phi) is 3.39. The van der Waals surface area contributed by atoms with Gasteiger partial charge in [0.1, 0.15) is 0 Å². The summed E-state index contributed by atoms with van der Waals surface area (Å²) in [5.41, 5.74) is 0.918. The van der Waals surface area contributed by atoms with Crippen molar-refractivity contribution in [1.82, 2.24) is 5.27 Å². The molecule has 0 saturated heterocycles. The molecule has 0 radical (unpaired) electrons. The summed E-state index contributed by atoms with van der Waals surface area (Å²) in [4.78, 5) is 3.62. The minimum Gasteiger partial charge on any atom is -0.862 e. The van der Waals surface area contributed by atoms with E-state index in [2.05, 4.69) is 10.3 Å². The molecule has 88 valence electrons. The number of halogens is 1. The monoisotopic (exact) mass is 251 g/mol. The highest BCUT2D eigenvalue weighted by Gasteiger charge is 2.12. The van der Waals surface area contributed by atoms with Crippen molar-refractivity contribution in [1.29, 1.82) is 0 Å². The molecule has 2 aromatic rings. The summed E-state index contributed by atoms with van der Waals surface area (Å²) in [5.74, 6) is -0.143. The van der Waals surface area contributed by atoms with Crippen molar-refractivity contribution in [3.8, 4) is 0 Å². The molecule has 0 unspecified atom stereocenters. The van der Waals surface area contributed by atoms with Crippen LogP contribution in [0.4, 0.5) is 5.88 Å². The highest BCUT2D eigenvalue weighted by Crippen LogP contribution is 2.14. The van der Waals surface area contributed by atoms with Gasteiger partial charge in [0.05, 0.1) is 5.02 Å². The maximum absolute atomic E-state index is 10.8. The molecule has 0 aliphatic heterocycles. The molecule has 0 aliphatic carbocycles. The highest BCUT2D eigenvalue weighted by molar-refractivity contribution is 6.31. The normalized spacial score (nSPS) is 11.8. The van der Waals surface area contributed by atoms with Crippen LogP contribution in [0, 0.1) is 0 Å². The third-order valence-electron chi connectivity index (χ3n) is 2.06. The smallest absolute Gasteiger partial charge is 0.320 e. The third kappa shape index (κ3) is 3.04. The molecule has 0 saturated carbocycles. The Morgan fingerprint density at radius 3 is 3.00 bits per heavy atom. The van der Waals surface area contributed by atoms with Crippen LogP contribution < -0.4 is 9.79 Å². The zero-order valence-electron chi connectivity index (χ0n) is 9.13. The van der Waals surface area contributed by atoms with E-state index in [1.807, 2.05) is 18.2 Å². The first-order valence-corrected chi connectivity index (χ1v) is 5.35. The van der Waals surface area contributed by atoms with Gasteiger partial charge in [-0.3, -0.25) is 4.52 Å². The summed E-state index contributed by atoms with van der Waals surface area (Å²) >= 11 is 6.02. The molecule has 0 amide bonds. The molecule has 5 nitrogen and oxygen atoms in total. The first-order valence-electron chi connectivity index (χ1n) is 4.97. The highest BCUT2D eigenvalue weighted by atomic mass is 35.5. The van der Waals surface area contributed by atoms with Gasteiger partial charge in [-0.25, -0.2) is 4.99 Å². The van der Waals surface area contributed by atoms with Crippen LogP contribution in [0.1, 0.15) is 12.5 Å². The summed E-state index contributed by atoms with van der Waals surface area (Å²) < 4.78 is 6.40. The lowest BCUT2D eigenvalue weighted by Crippen LogP contribution is -2.35. The predicted octanol–water partition coefficient (Wildman–Crippen LogP) is 1.07. The van der Waals surface area contributed by atoms with Crippen LogP contribution >= 0.6 is 11.6 Å². The number of aromatic nitrogens is 2. The second kappa shape index (κ2) is 4.97. The van der Waals surface area contributed by atoms with Crippen LogP contribution in [0.5, 0.6) is 0 Å². The fourth-order valence-electron chi connectivity index (χ4n) is 1.35. The largest absolute Gasteiger partial charge is 0.862 e. The molecule has 17 heavy (non-hydrogen) atoms. The molecule has 0 atom stereocenters. The van der Waals surface area contributed by atoms with Crippen LogP contribution in [0.2, 0.25) is 5.02 Å². The first-order chi connectivity index (χ1) is 8.15. The molecule has 0 aliphatic rings. The van der Waals surface area contributed by atoms with Crippen LogP contribution in [0.3, 0.4) is 0 Å². The summed E-state index contributed by atoms with van der Waals surface area (Å²) in [7, 11) is 0. The molecule has 6 heteroatoms. The van der Waals surface area contributed by atoms with Gasteiger partial charge >= 0.3 is 5.88 Å². The second-order valence-corrected chi connectivity index (χ2v) is 3.87. The number of aliphatic imine (C=N–C) groups is 1. The van der Waals surface area contributed by atoms with Crippen molar-refractivity contribution in [3.05, 3.63) is 41.0 Å². The van der Waals surface area contributed by atoms with Crippen molar-refractivity contribution in [3.63, 3.8) is 0 Å². The summed E-state index contributed by atoms with van der Waals surface area (Å²) in [5, 5.41) is 15.2. The first kappa shape index (κ1) is 11.6. The third-order valence-corrected chi connectivity index (χ3v) is 2.43. The Hall–Kier alpha value is -1.88. The lowest BCUT2D eigenvalue weighted by Gasteiger charge is -1.96. The van der Waals surface area contributed by atoms with E-state index in [0.29, 0.717) is 11.6 Å². The van der Waals surface area contributed by atoms with Gasteiger partial charge in [-0.1, -0.05) is 29.8 Å². The van der Waals surface area contributed by atoms with E-state index >= 15 is 0 Å². The minimum atomic E-state index is -0.328. The van der Waals surface area contributed by atoms with Gasteiger partial charge in [-0.05, 0) is 23.6 Å². The van der Waals surface area contributed by atoms with Crippen LogP contribution in [0.25, 0.3) is 0 Å². The molecule has 0 N–H and O–H groups in total. The molecule has 1 aromatic heterocycles.